The third kappa shape index (κ3) is 4.55. The maximum absolute atomic E-state index is 12.8. The molecule has 0 spiro atoms. The Hall–Kier alpha value is -2.90. The van der Waals surface area contributed by atoms with E-state index in [1.807, 2.05) is 0 Å². The number of nitrogens with zero attached hydrogens (tertiary/aromatic N) is 1. The summed E-state index contributed by atoms with van der Waals surface area (Å²) in [5.74, 6) is -1.39. The van der Waals surface area contributed by atoms with Crippen molar-refractivity contribution in [2.75, 3.05) is 5.32 Å². The van der Waals surface area contributed by atoms with Crippen LogP contribution in [-0.4, -0.2) is 16.9 Å². The molecule has 0 unspecified atom stereocenters. The SMILES string of the molecule is CC(=O)Nc1cccc(COC(=O)c2cccnc2C(F)(F)F)c1. The number of ether oxygens (including phenoxy) is 1. The zero-order chi connectivity index (χ0) is 17.7. The number of carbonyl (C=O) groups excluding carboxylic acids is 2. The molecule has 2 aromatic rings. The standard InChI is InChI=1S/C16H13F3N2O3/c1-10(22)21-12-5-2-4-11(8-12)9-24-15(23)13-6-3-7-20-14(13)16(17,18)19/h2-8H,9H2,1H3,(H,21,22). The van der Waals surface area contributed by atoms with Gasteiger partial charge in [-0.3, -0.25) is 9.78 Å². The van der Waals surface area contributed by atoms with Crippen LogP contribution in [0, 0.1) is 0 Å². The van der Waals surface area contributed by atoms with Crippen LogP contribution in [0.5, 0.6) is 0 Å². The van der Waals surface area contributed by atoms with Gasteiger partial charge in [0.25, 0.3) is 0 Å². The minimum absolute atomic E-state index is 0.238. The lowest BCUT2D eigenvalue weighted by atomic mass is 10.2. The molecule has 1 aromatic heterocycles. The van der Waals surface area contributed by atoms with Crippen LogP contribution in [-0.2, 0) is 22.3 Å². The van der Waals surface area contributed by atoms with Gasteiger partial charge in [-0.15, -0.1) is 0 Å². The molecule has 0 bridgehead atoms. The van der Waals surface area contributed by atoms with Crippen molar-refractivity contribution in [1.82, 2.24) is 4.98 Å². The van der Waals surface area contributed by atoms with Gasteiger partial charge in [-0.05, 0) is 29.8 Å². The van der Waals surface area contributed by atoms with Gasteiger partial charge in [0.05, 0.1) is 5.56 Å². The molecular weight excluding hydrogens is 325 g/mol. The Morgan fingerprint density at radius 2 is 1.96 bits per heavy atom. The normalized spacial score (nSPS) is 11.0. The Labute approximate surface area is 135 Å². The number of halogens is 3. The topological polar surface area (TPSA) is 68.3 Å². The summed E-state index contributed by atoms with van der Waals surface area (Å²) < 4.78 is 43.4. The molecule has 0 radical (unpaired) electrons. The number of aromatic nitrogens is 1. The van der Waals surface area contributed by atoms with Crippen molar-refractivity contribution >= 4 is 17.6 Å². The monoisotopic (exact) mass is 338 g/mol. The zero-order valence-corrected chi connectivity index (χ0v) is 12.6. The first-order valence-electron chi connectivity index (χ1n) is 6.83. The Kier molecular flexibility index (Phi) is 5.18. The molecule has 1 heterocycles. The molecule has 2 rings (SSSR count). The van der Waals surface area contributed by atoms with E-state index >= 15 is 0 Å². The maximum Gasteiger partial charge on any atom is 0.434 e. The van der Waals surface area contributed by atoms with Crippen LogP contribution in [0.4, 0.5) is 18.9 Å². The molecule has 5 nitrogen and oxygen atoms in total. The molecule has 1 aromatic carbocycles. The lowest BCUT2D eigenvalue weighted by molar-refractivity contribution is -0.141. The number of carbonyl (C=O) groups is 2. The number of esters is 1. The van der Waals surface area contributed by atoms with E-state index in [-0.39, 0.29) is 12.5 Å². The van der Waals surface area contributed by atoms with E-state index in [1.54, 1.807) is 24.3 Å². The highest BCUT2D eigenvalue weighted by molar-refractivity contribution is 5.91. The molecule has 0 saturated carbocycles. The predicted molar refractivity (Wildman–Crippen MR) is 79.1 cm³/mol. The second kappa shape index (κ2) is 7.12. The summed E-state index contributed by atoms with van der Waals surface area (Å²) in [6.45, 7) is 1.10. The molecule has 0 fully saturated rings. The van der Waals surface area contributed by atoms with E-state index in [9.17, 15) is 22.8 Å². The maximum atomic E-state index is 12.8. The second-order valence-corrected chi connectivity index (χ2v) is 4.86. The van der Waals surface area contributed by atoms with Crippen molar-refractivity contribution in [3.8, 4) is 0 Å². The van der Waals surface area contributed by atoms with Crippen LogP contribution >= 0.6 is 0 Å². The van der Waals surface area contributed by atoms with Gasteiger partial charge in [-0.2, -0.15) is 13.2 Å². The molecular formula is C16H13F3N2O3. The summed E-state index contributed by atoms with van der Waals surface area (Å²) in [6, 6.07) is 8.67. The Morgan fingerprint density at radius 1 is 1.21 bits per heavy atom. The quantitative estimate of drug-likeness (QED) is 0.868. The number of benzene rings is 1. The fourth-order valence-electron chi connectivity index (χ4n) is 1.96. The van der Waals surface area contributed by atoms with E-state index < -0.39 is 23.4 Å². The molecule has 1 amide bonds. The lowest BCUT2D eigenvalue weighted by Crippen LogP contribution is -2.17. The fraction of sp³-hybridized carbons (Fsp3) is 0.188. The number of alkyl halides is 3. The highest BCUT2D eigenvalue weighted by Gasteiger charge is 2.37. The van der Waals surface area contributed by atoms with Crippen molar-refractivity contribution in [2.24, 2.45) is 0 Å². The highest BCUT2D eigenvalue weighted by atomic mass is 19.4. The van der Waals surface area contributed by atoms with Gasteiger partial charge in [0.15, 0.2) is 5.69 Å². The van der Waals surface area contributed by atoms with Crippen molar-refractivity contribution in [2.45, 2.75) is 19.7 Å². The Morgan fingerprint density at radius 3 is 2.62 bits per heavy atom. The van der Waals surface area contributed by atoms with E-state index in [0.717, 1.165) is 12.3 Å². The summed E-state index contributed by atoms with van der Waals surface area (Å²) >= 11 is 0. The van der Waals surface area contributed by atoms with Crippen molar-refractivity contribution < 1.29 is 27.5 Å². The summed E-state index contributed by atoms with van der Waals surface area (Å²) in [4.78, 5) is 26.1. The van der Waals surface area contributed by atoms with Crippen LogP contribution in [0.3, 0.4) is 0 Å². The Bertz CT molecular complexity index is 760. The zero-order valence-electron chi connectivity index (χ0n) is 12.6. The molecule has 24 heavy (non-hydrogen) atoms. The number of nitrogens with one attached hydrogen (secondary N) is 1. The largest absolute Gasteiger partial charge is 0.457 e. The van der Waals surface area contributed by atoms with Gasteiger partial charge < -0.3 is 10.1 Å². The molecule has 0 saturated heterocycles. The van der Waals surface area contributed by atoms with Crippen molar-refractivity contribution in [3.63, 3.8) is 0 Å². The fourth-order valence-corrected chi connectivity index (χ4v) is 1.96. The van der Waals surface area contributed by atoms with Crippen LogP contribution in [0.25, 0.3) is 0 Å². The van der Waals surface area contributed by atoms with Crippen LogP contribution in [0.15, 0.2) is 42.6 Å². The second-order valence-electron chi connectivity index (χ2n) is 4.86. The molecule has 0 atom stereocenters. The number of hydrogen-bond donors (Lipinski definition) is 1. The van der Waals surface area contributed by atoms with Crippen molar-refractivity contribution in [1.29, 1.82) is 0 Å². The molecule has 1 N–H and O–H groups in total. The third-order valence-corrected chi connectivity index (χ3v) is 2.91. The Balaban J connectivity index is 2.11. The minimum atomic E-state index is -4.75. The number of hydrogen-bond acceptors (Lipinski definition) is 4. The average Bonchev–Trinajstić information content (AvgIpc) is 2.51. The van der Waals surface area contributed by atoms with E-state index in [0.29, 0.717) is 11.3 Å². The summed E-state index contributed by atoms with van der Waals surface area (Å²) in [6.07, 6.45) is -3.79. The van der Waals surface area contributed by atoms with Crippen LogP contribution in [0.1, 0.15) is 28.5 Å². The number of rotatable bonds is 4. The molecule has 0 aliphatic rings. The van der Waals surface area contributed by atoms with Gasteiger partial charge in [0.1, 0.15) is 6.61 Å². The minimum Gasteiger partial charge on any atom is -0.457 e. The van der Waals surface area contributed by atoms with Gasteiger partial charge in [0.2, 0.25) is 5.91 Å². The molecule has 0 aliphatic heterocycles. The first-order valence-corrected chi connectivity index (χ1v) is 6.83. The summed E-state index contributed by atoms with van der Waals surface area (Å²) in [5, 5.41) is 2.56. The number of amides is 1. The van der Waals surface area contributed by atoms with E-state index in [2.05, 4.69) is 10.3 Å². The van der Waals surface area contributed by atoms with Crippen LogP contribution < -0.4 is 5.32 Å². The first kappa shape index (κ1) is 17.5. The number of pyridine rings is 1. The van der Waals surface area contributed by atoms with Gasteiger partial charge >= 0.3 is 12.1 Å². The van der Waals surface area contributed by atoms with Gasteiger partial charge in [0, 0.05) is 18.8 Å². The van der Waals surface area contributed by atoms with E-state index in [1.165, 1.54) is 13.0 Å². The number of anilines is 1. The third-order valence-electron chi connectivity index (χ3n) is 2.91. The predicted octanol–water partition coefficient (Wildman–Crippen LogP) is 3.42. The first-order chi connectivity index (χ1) is 11.3. The summed E-state index contributed by atoms with van der Waals surface area (Å²) in [7, 11) is 0. The molecule has 126 valence electrons. The smallest absolute Gasteiger partial charge is 0.434 e. The molecule has 8 heteroatoms. The average molecular weight is 338 g/mol. The summed E-state index contributed by atoms with van der Waals surface area (Å²) in [5.41, 5.74) is -0.925. The highest BCUT2D eigenvalue weighted by Crippen LogP contribution is 2.30. The van der Waals surface area contributed by atoms with Crippen molar-refractivity contribution in [3.05, 3.63) is 59.4 Å². The lowest BCUT2D eigenvalue weighted by Gasteiger charge is -2.11. The van der Waals surface area contributed by atoms with Gasteiger partial charge in [-0.1, -0.05) is 12.1 Å². The molecule has 0 aliphatic carbocycles. The van der Waals surface area contributed by atoms with E-state index in [4.69, 9.17) is 4.74 Å². The van der Waals surface area contributed by atoms with Gasteiger partial charge in [-0.25, -0.2) is 4.79 Å². The van der Waals surface area contributed by atoms with Crippen LogP contribution in [0.2, 0.25) is 0 Å².